The Hall–Kier alpha value is -3.02. The van der Waals surface area contributed by atoms with Gasteiger partial charge < -0.3 is 10.7 Å². The molecule has 0 unspecified atom stereocenters. The van der Waals surface area contributed by atoms with Crippen LogP contribution < -0.4 is 5.73 Å². The molecular weight excluding hydrogens is 450 g/mol. The van der Waals surface area contributed by atoms with Crippen LogP contribution in [0.4, 0.5) is 5.69 Å². The van der Waals surface area contributed by atoms with Crippen LogP contribution in [0.3, 0.4) is 0 Å². The van der Waals surface area contributed by atoms with Gasteiger partial charge in [-0.05, 0) is 53.3 Å². The van der Waals surface area contributed by atoms with E-state index in [2.05, 4.69) is 43.1 Å². The number of tetrazole rings is 1. The summed E-state index contributed by atoms with van der Waals surface area (Å²) in [5, 5.41) is 17.0. The summed E-state index contributed by atoms with van der Waals surface area (Å²) in [5.74, 6) is 0.571. The van der Waals surface area contributed by atoms with Gasteiger partial charge in [0.15, 0.2) is 5.82 Å². The van der Waals surface area contributed by atoms with Gasteiger partial charge in [-0.15, -0.1) is 21.5 Å². The minimum absolute atomic E-state index is 0.0592. The zero-order valence-electron chi connectivity index (χ0n) is 16.2. The normalized spacial score (nSPS) is 15.6. The summed E-state index contributed by atoms with van der Waals surface area (Å²) in [6.45, 7) is 0.530. The van der Waals surface area contributed by atoms with Crippen LogP contribution in [0.2, 0.25) is 0 Å². The van der Waals surface area contributed by atoms with Crippen LogP contribution in [0.1, 0.15) is 17.1 Å². The number of thiophene rings is 1. The zero-order valence-corrected chi connectivity index (χ0v) is 18.6. The second-order valence-corrected chi connectivity index (χ2v) is 9.63. The van der Waals surface area contributed by atoms with Gasteiger partial charge in [-0.1, -0.05) is 29.2 Å². The first-order valence-electron chi connectivity index (χ1n) is 9.52. The Morgan fingerprint density at radius 3 is 3.00 bits per heavy atom. The quantitative estimate of drug-likeness (QED) is 0.224. The van der Waals surface area contributed by atoms with Gasteiger partial charge in [-0.25, -0.2) is 0 Å². The highest BCUT2D eigenvalue weighted by atomic mass is 32.2. The molecule has 156 valence electrons. The van der Waals surface area contributed by atoms with Crippen molar-refractivity contribution in [2.24, 2.45) is 0 Å². The third kappa shape index (κ3) is 3.99. The van der Waals surface area contributed by atoms with Crippen molar-refractivity contribution in [3.63, 3.8) is 0 Å². The predicted octanol–water partition coefficient (Wildman–Crippen LogP) is 3.83. The van der Waals surface area contributed by atoms with E-state index in [1.165, 1.54) is 11.8 Å². The van der Waals surface area contributed by atoms with Gasteiger partial charge in [0.1, 0.15) is 4.32 Å². The molecule has 1 saturated heterocycles. The van der Waals surface area contributed by atoms with Crippen molar-refractivity contribution in [2.45, 2.75) is 12.8 Å². The SMILES string of the molecule is Nc1cc(-c2csc(C=C3SC(=S)N(CCCc4nn[nH]n4)C3=O)c2)cc2cc[nH]c12. The third-order valence-electron chi connectivity index (χ3n) is 4.96. The average Bonchev–Trinajstić information content (AvgIpc) is 3.53. The smallest absolute Gasteiger partial charge is 0.266 e. The number of hydrogen-bond donors (Lipinski definition) is 3. The lowest BCUT2D eigenvalue weighted by Gasteiger charge is -2.13. The van der Waals surface area contributed by atoms with E-state index in [1.807, 2.05) is 24.4 Å². The van der Waals surface area contributed by atoms with Crippen LogP contribution in [0.15, 0.2) is 40.7 Å². The number of aromatic amines is 2. The first-order valence-corrected chi connectivity index (χ1v) is 11.6. The summed E-state index contributed by atoms with van der Waals surface area (Å²) in [6.07, 6.45) is 5.14. The fourth-order valence-electron chi connectivity index (χ4n) is 3.45. The number of aryl methyl sites for hydroxylation is 1. The molecule has 3 aromatic heterocycles. The third-order valence-corrected chi connectivity index (χ3v) is 7.22. The number of thiocarbonyl (C=S) groups is 1. The first-order chi connectivity index (χ1) is 15.1. The van der Waals surface area contributed by atoms with E-state index in [4.69, 9.17) is 18.0 Å². The van der Waals surface area contributed by atoms with Crippen LogP contribution in [0, 0.1) is 0 Å². The molecule has 0 spiro atoms. The summed E-state index contributed by atoms with van der Waals surface area (Å²) in [4.78, 5) is 19.3. The average molecular weight is 468 g/mol. The predicted molar refractivity (Wildman–Crippen MR) is 128 cm³/mol. The maximum atomic E-state index is 12.8. The number of anilines is 1. The van der Waals surface area contributed by atoms with Gasteiger partial charge >= 0.3 is 0 Å². The number of carbonyl (C=O) groups is 1. The molecule has 5 rings (SSSR count). The van der Waals surface area contributed by atoms with Gasteiger partial charge in [0.05, 0.1) is 16.1 Å². The number of H-pyrrole nitrogens is 2. The highest BCUT2D eigenvalue weighted by molar-refractivity contribution is 8.26. The molecular formula is C20H17N7OS3. The first kappa shape index (κ1) is 19.9. The van der Waals surface area contributed by atoms with Crippen LogP contribution in [0.5, 0.6) is 0 Å². The summed E-state index contributed by atoms with van der Waals surface area (Å²) < 4.78 is 0.576. The Morgan fingerprint density at radius 1 is 1.26 bits per heavy atom. The maximum Gasteiger partial charge on any atom is 0.266 e. The Labute approximate surface area is 190 Å². The van der Waals surface area contributed by atoms with E-state index in [9.17, 15) is 4.79 Å². The summed E-state index contributed by atoms with van der Waals surface area (Å²) in [7, 11) is 0. The van der Waals surface area contributed by atoms with Gasteiger partial charge in [0.25, 0.3) is 5.91 Å². The number of nitrogen functional groups attached to an aromatic ring is 1. The van der Waals surface area contributed by atoms with Crippen LogP contribution in [-0.4, -0.2) is 47.3 Å². The fraction of sp³-hybridized carbons (Fsp3) is 0.150. The lowest BCUT2D eigenvalue weighted by Crippen LogP contribution is -2.29. The minimum atomic E-state index is -0.0592. The van der Waals surface area contributed by atoms with Gasteiger partial charge in [0, 0.05) is 29.4 Å². The second-order valence-electron chi connectivity index (χ2n) is 7.01. The van der Waals surface area contributed by atoms with E-state index < -0.39 is 0 Å². The van der Waals surface area contributed by atoms with Crippen molar-refractivity contribution >= 4 is 68.2 Å². The number of thioether (sulfide) groups is 1. The van der Waals surface area contributed by atoms with Crippen molar-refractivity contribution < 1.29 is 4.79 Å². The number of nitrogens with one attached hydrogen (secondary N) is 2. The topological polar surface area (TPSA) is 117 Å². The monoisotopic (exact) mass is 467 g/mol. The van der Waals surface area contributed by atoms with Crippen molar-refractivity contribution in [1.29, 1.82) is 0 Å². The number of amides is 1. The van der Waals surface area contributed by atoms with Gasteiger partial charge in [-0.3, -0.25) is 9.69 Å². The molecule has 31 heavy (non-hydrogen) atoms. The lowest BCUT2D eigenvalue weighted by molar-refractivity contribution is -0.122. The van der Waals surface area contributed by atoms with E-state index in [0.717, 1.165) is 26.9 Å². The fourth-order valence-corrected chi connectivity index (χ4v) is 5.67. The molecule has 0 saturated carbocycles. The van der Waals surface area contributed by atoms with E-state index in [1.54, 1.807) is 16.2 Å². The van der Waals surface area contributed by atoms with Crippen LogP contribution in [-0.2, 0) is 11.2 Å². The lowest BCUT2D eigenvalue weighted by atomic mass is 10.1. The number of carbonyl (C=O) groups excluding carboxylic acids is 1. The molecule has 11 heteroatoms. The molecule has 1 aliphatic heterocycles. The standard InChI is InChI=1S/C20H17N7OS3/c21-15-8-12(6-11-3-4-22-18(11)15)13-7-14(30-10-13)9-16-19(28)27(20(29)31-16)5-1-2-17-23-25-26-24-17/h3-4,6-10,22H,1-2,5,21H2,(H,23,24,25,26). The van der Waals surface area contributed by atoms with E-state index in [0.29, 0.717) is 40.1 Å². The van der Waals surface area contributed by atoms with Crippen molar-refractivity contribution in [2.75, 3.05) is 12.3 Å². The molecule has 1 aromatic carbocycles. The zero-order chi connectivity index (χ0) is 21.4. The molecule has 8 nitrogen and oxygen atoms in total. The van der Waals surface area contributed by atoms with Gasteiger partial charge in [0.2, 0.25) is 0 Å². The Kier molecular flexibility index (Phi) is 5.30. The molecule has 4 heterocycles. The number of hydrogen-bond acceptors (Lipinski definition) is 8. The van der Waals surface area contributed by atoms with E-state index >= 15 is 0 Å². The number of fused-ring (bicyclic) bond motifs is 1. The molecule has 4 N–H and O–H groups in total. The van der Waals surface area contributed by atoms with Gasteiger partial charge in [-0.2, -0.15) is 5.21 Å². The Morgan fingerprint density at radius 2 is 2.16 bits per heavy atom. The van der Waals surface area contributed by atoms with E-state index in [-0.39, 0.29) is 5.91 Å². The highest BCUT2D eigenvalue weighted by Gasteiger charge is 2.31. The molecule has 1 amide bonds. The number of rotatable bonds is 6. The van der Waals surface area contributed by atoms with Crippen molar-refractivity contribution in [3.8, 4) is 11.1 Å². The summed E-state index contributed by atoms with van der Waals surface area (Å²) in [6, 6.07) is 8.15. The summed E-state index contributed by atoms with van der Waals surface area (Å²) in [5.41, 5.74) is 9.96. The molecule has 4 aromatic rings. The molecule has 1 aliphatic rings. The van der Waals surface area contributed by atoms with Crippen molar-refractivity contribution in [3.05, 3.63) is 51.4 Å². The molecule has 1 fully saturated rings. The second kappa shape index (κ2) is 8.25. The molecule has 0 bridgehead atoms. The van der Waals surface area contributed by atoms with Crippen LogP contribution >= 0.6 is 35.3 Å². The van der Waals surface area contributed by atoms with Crippen LogP contribution in [0.25, 0.3) is 28.1 Å². The maximum absolute atomic E-state index is 12.8. The minimum Gasteiger partial charge on any atom is -0.397 e. The molecule has 0 atom stereocenters. The number of aromatic nitrogens is 5. The number of nitrogens with two attached hydrogens (primary N) is 1. The Balaban J connectivity index is 1.31. The number of benzene rings is 1. The van der Waals surface area contributed by atoms with Crippen molar-refractivity contribution in [1.82, 2.24) is 30.5 Å². The highest BCUT2D eigenvalue weighted by Crippen LogP contribution is 2.36. The molecule has 0 aliphatic carbocycles. The largest absolute Gasteiger partial charge is 0.397 e. The molecule has 0 radical (unpaired) electrons. The number of nitrogens with zero attached hydrogens (tertiary/aromatic N) is 4. The Bertz CT molecular complexity index is 1310. The summed E-state index contributed by atoms with van der Waals surface area (Å²) >= 11 is 8.34.